The first-order chi connectivity index (χ1) is 13.7. The molecule has 1 saturated heterocycles. The van der Waals surface area contributed by atoms with Gasteiger partial charge in [-0.15, -0.1) is 0 Å². The van der Waals surface area contributed by atoms with Crippen LogP contribution in [0, 0.1) is 0 Å². The molecule has 28 heavy (non-hydrogen) atoms. The SMILES string of the molecule is O=C(Nc1ccc(N2CCCC2)cc1)c1cnc(Nc2cccc(Cl)c2)cn1. The lowest BCUT2D eigenvalue weighted by Crippen LogP contribution is -2.18. The quantitative estimate of drug-likeness (QED) is 0.656. The number of benzene rings is 2. The number of nitrogens with zero attached hydrogens (tertiary/aromatic N) is 3. The predicted molar refractivity (Wildman–Crippen MR) is 113 cm³/mol. The Labute approximate surface area is 168 Å². The van der Waals surface area contributed by atoms with E-state index in [-0.39, 0.29) is 11.6 Å². The number of nitrogens with one attached hydrogen (secondary N) is 2. The molecule has 142 valence electrons. The van der Waals surface area contributed by atoms with Gasteiger partial charge in [-0.25, -0.2) is 9.97 Å². The Balaban J connectivity index is 1.38. The number of carbonyl (C=O) groups excluding carboxylic acids is 1. The highest BCUT2D eigenvalue weighted by Crippen LogP contribution is 2.22. The minimum Gasteiger partial charge on any atom is -0.372 e. The van der Waals surface area contributed by atoms with Gasteiger partial charge in [-0.2, -0.15) is 0 Å². The third kappa shape index (κ3) is 4.40. The number of hydrogen-bond donors (Lipinski definition) is 2. The summed E-state index contributed by atoms with van der Waals surface area (Å²) in [6.07, 6.45) is 5.44. The van der Waals surface area contributed by atoms with E-state index in [1.54, 1.807) is 12.1 Å². The molecule has 4 rings (SSSR count). The average Bonchev–Trinajstić information content (AvgIpc) is 3.24. The maximum absolute atomic E-state index is 12.4. The van der Waals surface area contributed by atoms with E-state index in [0.717, 1.165) is 24.5 Å². The second-order valence-electron chi connectivity index (χ2n) is 6.62. The fourth-order valence-corrected chi connectivity index (χ4v) is 3.34. The minimum absolute atomic E-state index is 0.250. The van der Waals surface area contributed by atoms with E-state index in [0.29, 0.717) is 10.8 Å². The van der Waals surface area contributed by atoms with Crippen LogP contribution in [-0.2, 0) is 0 Å². The standard InChI is InChI=1S/C21H20ClN5O/c22-15-4-3-5-17(12-15)25-20-14-23-19(13-24-20)21(28)26-16-6-8-18(9-7-16)27-10-1-2-11-27/h3-9,12-14H,1-2,10-11H2,(H,24,25)(H,26,28). The summed E-state index contributed by atoms with van der Waals surface area (Å²) in [5.74, 6) is 0.240. The summed E-state index contributed by atoms with van der Waals surface area (Å²) in [7, 11) is 0. The summed E-state index contributed by atoms with van der Waals surface area (Å²) < 4.78 is 0. The Morgan fingerprint density at radius 2 is 1.75 bits per heavy atom. The number of carbonyl (C=O) groups is 1. The molecule has 0 aliphatic carbocycles. The van der Waals surface area contributed by atoms with Gasteiger partial charge in [0, 0.05) is 35.2 Å². The molecule has 7 heteroatoms. The molecule has 0 unspecified atom stereocenters. The monoisotopic (exact) mass is 393 g/mol. The van der Waals surface area contributed by atoms with Crippen molar-refractivity contribution < 1.29 is 4.79 Å². The topological polar surface area (TPSA) is 70.2 Å². The lowest BCUT2D eigenvalue weighted by molar-refractivity contribution is 0.102. The lowest BCUT2D eigenvalue weighted by Gasteiger charge is -2.17. The minimum atomic E-state index is -0.296. The predicted octanol–water partition coefficient (Wildman–Crippen LogP) is 4.73. The van der Waals surface area contributed by atoms with Crippen LogP contribution in [0.4, 0.5) is 22.9 Å². The van der Waals surface area contributed by atoms with Crippen LogP contribution in [0.2, 0.25) is 5.02 Å². The van der Waals surface area contributed by atoms with Gasteiger partial charge >= 0.3 is 0 Å². The summed E-state index contributed by atoms with van der Waals surface area (Å²) in [4.78, 5) is 23.2. The first-order valence-electron chi connectivity index (χ1n) is 9.18. The molecule has 0 bridgehead atoms. The van der Waals surface area contributed by atoms with E-state index in [1.165, 1.54) is 30.9 Å². The van der Waals surface area contributed by atoms with Gasteiger partial charge in [0.15, 0.2) is 0 Å². The smallest absolute Gasteiger partial charge is 0.275 e. The highest BCUT2D eigenvalue weighted by atomic mass is 35.5. The number of amides is 1. The van der Waals surface area contributed by atoms with Gasteiger partial charge < -0.3 is 15.5 Å². The zero-order valence-corrected chi connectivity index (χ0v) is 16.0. The summed E-state index contributed by atoms with van der Waals surface area (Å²) in [5.41, 5.74) is 2.97. The van der Waals surface area contributed by atoms with Crippen LogP contribution in [0.1, 0.15) is 23.3 Å². The second kappa shape index (κ2) is 8.27. The first-order valence-corrected chi connectivity index (χ1v) is 9.56. The number of rotatable bonds is 5. The van der Waals surface area contributed by atoms with Gasteiger partial charge in [0.2, 0.25) is 0 Å². The summed E-state index contributed by atoms with van der Waals surface area (Å²) >= 11 is 5.97. The van der Waals surface area contributed by atoms with E-state index in [2.05, 4.69) is 25.5 Å². The van der Waals surface area contributed by atoms with Crippen LogP contribution in [0.15, 0.2) is 60.9 Å². The molecule has 2 heterocycles. The number of aromatic nitrogens is 2. The molecule has 0 saturated carbocycles. The Morgan fingerprint density at radius 1 is 0.964 bits per heavy atom. The molecule has 1 amide bonds. The second-order valence-corrected chi connectivity index (χ2v) is 7.05. The van der Waals surface area contributed by atoms with Crippen LogP contribution in [0.5, 0.6) is 0 Å². The normalized spacial score (nSPS) is 13.4. The Morgan fingerprint density at radius 3 is 2.43 bits per heavy atom. The molecule has 1 aromatic heterocycles. The molecule has 0 radical (unpaired) electrons. The Bertz CT molecular complexity index is 953. The summed E-state index contributed by atoms with van der Waals surface area (Å²) in [5, 5.41) is 6.58. The van der Waals surface area contributed by atoms with Crippen molar-refractivity contribution in [1.29, 1.82) is 0 Å². The molecule has 1 aliphatic rings. The summed E-state index contributed by atoms with van der Waals surface area (Å²) in [6.45, 7) is 2.19. The van der Waals surface area contributed by atoms with Crippen LogP contribution < -0.4 is 15.5 Å². The van der Waals surface area contributed by atoms with Crippen molar-refractivity contribution in [3.05, 3.63) is 71.6 Å². The van der Waals surface area contributed by atoms with Crippen LogP contribution in [-0.4, -0.2) is 29.0 Å². The molecule has 1 fully saturated rings. The highest BCUT2D eigenvalue weighted by Gasteiger charge is 2.13. The van der Waals surface area contributed by atoms with Gasteiger partial charge in [-0.05, 0) is 55.3 Å². The highest BCUT2D eigenvalue weighted by molar-refractivity contribution is 6.30. The number of halogens is 1. The average molecular weight is 394 g/mol. The van der Waals surface area contributed by atoms with Gasteiger partial charge in [0.05, 0.1) is 12.4 Å². The molecule has 3 aromatic rings. The lowest BCUT2D eigenvalue weighted by atomic mass is 10.2. The van der Waals surface area contributed by atoms with Crippen molar-refractivity contribution in [2.24, 2.45) is 0 Å². The fraction of sp³-hybridized carbons (Fsp3) is 0.190. The first kappa shape index (κ1) is 18.3. The van der Waals surface area contributed by atoms with Gasteiger partial charge in [0.25, 0.3) is 5.91 Å². The summed E-state index contributed by atoms with van der Waals surface area (Å²) in [6, 6.07) is 15.2. The van der Waals surface area contributed by atoms with E-state index in [4.69, 9.17) is 11.6 Å². The van der Waals surface area contributed by atoms with Crippen LogP contribution in [0.3, 0.4) is 0 Å². The number of hydrogen-bond acceptors (Lipinski definition) is 5. The molecule has 6 nitrogen and oxygen atoms in total. The van der Waals surface area contributed by atoms with Gasteiger partial charge in [-0.3, -0.25) is 4.79 Å². The van der Waals surface area contributed by atoms with Crippen molar-refractivity contribution in [1.82, 2.24) is 9.97 Å². The molecule has 1 aliphatic heterocycles. The van der Waals surface area contributed by atoms with Crippen molar-refractivity contribution in [2.45, 2.75) is 12.8 Å². The molecular formula is C21H20ClN5O. The zero-order chi connectivity index (χ0) is 19.3. The van der Waals surface area contributed by atoms with Crippen molar-refractivity contribution in [2.75, 3.05) is 28.6 Å². The molecular weight excluding hydrogens is 374 g/mol. The Hall–Kier alpha value is -3.12. The van der Waals surface area contributed by atoms with Crippen molar-refractivity contribution in [3.63, 3.8) is 0 Å². The number of anilines is 4. The third-order valence-corrected chi connectivity index (χ3v) is 4.81. The van der Waals surface area contributed by atoms with Crippen LogP contribution >= 0.6 is 11.6 Å². The van der Waals surface area contributed by atoms with E-state index in [1.807, 2.05) is 36.4 Å². The van der Waals surface area contributed by atoms with Crippen LogP contribution in [0.25, 0.3) is 0 Å². The van der Waals surface area contributed by atoms with Crippen molar-refractivity contribution >= 4 is 40.4 Å². The molecule has 2 aromatic carbocycles. The maximum Gasteiger partial charge on any atom is 0.275 e. The largest absolute Gasteiger partial charge is 0.372 e. The van der Waals surface area contributed by atoms with E-state index in [9.17, 15) is 4.79 Å². The van der Waals surface area contributed by atoms with Gasteiger partial charge in [0.1, 0.15) is 11.5 Å². The molecule has 0 atom stereocenters. The fourth-order valence-electron chi connectivity index (χ4n) is 3.15. The van der Waals surface area contributed by atoms with E-state index >= 15 is 0 Å². The third-order valence-electron chi connectivity index (χ3n) is 4.58. The maximum atomic E-state index is 12.4. The van der Waals surface area contributed by atoms with E-state index < -0.39 is 0 Å². The molecule has 0 spiro atoms. The molecule has 2 N–H and O–H groups in total. The van der Waals surface area contributed by atoms with Crippen molar-refractivity contribution in [3.8, 4) is 0 Å². The zero-order valence-electron chi connectivity index (χ0n) is 15.2. The van der Waals surface area contributed by atoms with Gasteiger partial charge in [-0.1, -0.05) is 17.7 Å². The Kier molecular flexibility index (Phi) is 5.39.